The Morgan fingerprint density at radius 1 is 1.42 bits per heavy atom. The number of hydrogen-bond donors (Lipinski definition) is 0. The van der Waals surface area contributed by atoms with Crippen LogP contribution >= 0.6 is 0 Å². The van der Waals surface area contributed by atoms with Crippen molar-refractivity contribution in [3.63, 3.8) is 0 Å². The van der Waals surface area contributed by atoms with Crippen LogP contribution in [0.5, 0.6) is 0 Å². The monoisotopic (exact) mass is 255 g/mol. The first-order valence-electron chi connectivity index (χ1n) is 6.34. The molecule has 0 saturated heterocycles. The lowest BCUT2D eigenvalue weighted by Crippen LogP contribution is -2.10. The normalized spacial score (nSPS) is 23.8. The van der Waals surface area contributed by atoms with Gasteiger partial charge in [-0.15, -0.1) is 0 Å². The standard InChI is InChI=1S/C16H17NO2/c1-16(2)13(9-6-10-17)14(16)15(18)19-11-12-7-4-3-5-8-12/h3-9,13-14H,11H2,1-2H3/b9-6-. The number of rotatable bonds is 4. The van der Waals surface area contributed by atoms with E-state index in [-0.39, 0.29) is 23.2 Å². The lowest BCUT2D eigenvalue weighted by molar-refractivity contribution is -0.147. The smallest absolute Gasteiger partial charge is 0.310 e. The zero-order valence-corrected chi connectivity index (χ0v) is 11.2. The summed E-state index contributed by atoms with van der Waals surface area (Å²) < 4.78 is 5.34. The highest BCUT2D eigenvalue weighted by Gasteiger charge is 2.61. The molecule has 0 amide bonds. The summed E-state index contributed by atoms with van der Waals surface area (Å²) in [6, 6.07) is 11.6. The summed E-state index contributed by atoms with van der Waals surface area (Å²) >= 11 is 0. The molecule has 0 aliphatic heterocycles. The molecule has 2 atom stereocenters. The third kappa shape index (κ3) is 2.85. The molecule has 0 aromatic heterocycles. The predicted molar refractivity (Wildman–Crippen MR) is 71.8 cm³/mol. The van der Waals surface area contributed by atoms with Crippen LogP contribution in [0.2, 0.25) is 0 Å². The minimum atomic E-state index is -0.179. The van der Waals surface area contributed by atoms with Gasteiger partial charge >= 0.3 is 5.97 Å². The van der Waals surface area contributed by atoms with Crippen LogP contribution in [-0.4, -0.2) is 5.97 Å². The number of nitrogens with zero attached hydrogens (tertiary/aromatic N) is 1. The van der Waals surface area contributed by atoms with Crippen molar-refractivity contribution >= 4 is 5.97 Å². The summed E-state index contributed by atoms with van der Waals surface area (Å²) in [7, 11) is 0. The molecule has 2 unspecified atom stereocenters. The third-order valence-electron chi connectivity index (χ3n) is 3.77. The minimum absolute atomic E-state index is 0.107. The molecular weight excluding hydrogens is 238 g/mol. The molecule has 0 bridgehead atoms. The predicted octanol–water partition coefficient (Wildman–Crippen LogP) is 3.08. The highest BCUT2D eigenvalue weighted by molar-refractivity contribution is 5.78. The quantitative estimate of drug-likeness (QED) is 0.613. The van der Waals surface area contributed by atoms with Gasteiger partial charge in [-0.3, -0.25) is 4.79 Å². The first-order chi connectivity index (χ1) is 9.07. The molecule has 98 valence electrons. The van der Waals surface area contributed by atoms with Crippen LogP contribution in [0.1, 0.15) is 19.4 Å². The largest absolute Gasteiger partial charge is 0.461 e. The van der Waals surface area contributed by atoms with Gasteiger partial charge in [-0.1, -0.05) is 50.3 Å². The third-order valence-corrected chi connectivity index (χ3v) is 3.77. The molecule has 1 aliphatic rings. The van der Waals surface area contributed by atoms with Gasteiger partial charge in [0.25, 0.3) is 0 Å². The van der Waals surface area contributed by atoms with E-state index in [4.69, 9.17) is 10.00 Å². The van der Waals surface area contributed by atoms with E-state index in [0.29, 0.717) is 6.61 Å². The molecule has 1 saturated carbocycles. The summed E-state index contributed by atoms with van der Waals surface area (Å²) in [4.78, 5) is 12.0. The van der Waals surface area contributed by atoms with Crippen LogP contribution < -0.4 is 0 Å². The Morgan fingerprint density at radius 3 is 2.74 bits per heavy atom. The number of benzene rings is 1. The van der Waals surface area contributed by atoms with Crippen LogP contribution in [0.3, 0.4) is 0 Å². The number of nitriles is 1. The van der Waals surface area contributed by atoms with Crippen molar-refractivity contribution < 1.29 is 9.53 Å². The van der Waals surface area contributed by atoms with E-state index in [9.17, 15) is 4.79 Å². The zero-order chi connectivity index (χ0) is 13.9. The van der Waals surface area contributed by atoms with Crippen molar-refractivity contribution in [3.8, 4) is 6.07 Å². The molecule has 0 N–H and O–H groups in total. The van der Waals surface area contributed by atoms with Gasteiger partial charge in [0.15, 0.2) is 0 Å². The van der Waals surface area contributed by atoms with E-state index in [0.717, 1.165) is 5.56 Å². The average Bonchev–Trinajstić information content (AvgIpc) is 2.96. The number of allylic oxidation sites excluding steroid dienone is 2. The minimum Gasteiger partial charge on any atom is -0.461 e. The van der Waals surface area contributed by atoms with Gasteiger partial charge in [-0.05, 0) is 16.9 Å². The number of esters is 1. The van der Waals surface area contributed by atoms with Gasteiger partial charge in [0.2, 0.25) is 0 Å². The first-order valence-corrected chi connectivity index (χ1v) is 6.34. The molecule has 3 nitrogen and oxygen atoms in total. The van der Waals surface area contributed by atoms with Gasteiger partial charge in [-0.2, -0.15) is 5.26 Å². The molecule has 1 aromatic carbocycles. The number of ether oxygens (including phenoxy) is 1. The van der Waals surface area contributed by atoms with Crippen LogP contribution in [0.15, 0.2) is 42.5 Å². The summed E-state index contributed by atoms with van der Waals surface area (Å²) in [5.41, 5.74) is 0.875. The first kappa shape index (κ1) is 13.4. The lowest BCUT2D eigenvalue weighted by Gasteiger charge is -2.05. The zero-order valence-electron chi connectivity index (χ0n) is 11.2. The van der Waals surface area contributed by atoms with Gasteiger partial charge in [0.05, 0.1) is 12.0 Å². The Bertz CT molecular complexity index is 525. The second-order valence-corrected chi connectivity index (χ2v) is 5.41. The molecule has 2 rings (SSSR count). The molecule has 0 spiro atoms. The van der Waals surface area contributed by atoms with E-state index in [1.807, 2.05) is 50.2 Å². The van der Waals surface area contributed by atoms with Crippen molar-refractivity contribution in [2.75, 3.05) is 0 Å². The topological polar surface area (TPSA) is 50.1 Å². The van der Waals surface area contributed by atoms with E-state index in [1.165, 1.54) is 6.08 Å². The van der Waals surface area contributed by atoms with Gasteiger partial charge < -0.3 is 4.74 Å². The fourth-order valence-corrected chi connectivity index (χ4v) is 2.45. The summed E-state index contributed by atoms with van der Waals surface area (Å²) in [5.74, 6) is -0.210. The van der Waals surface area contributed by atoms with Crippen molar-refractivity contribution in [1.82, 2.24) is 0 Å². The molecule has 1 aliphatic carbocycles. The second kappa shape index (κ2) is 5.27. The van der Waals surface area contributed by atoms with E-state index in [1.54, 1.807) is 6.08 Å². The molecule has 1 fully saturated rings. The van der Waals surface area contributed by atoms with Gasteiger partial charge in [-0.25, -0.2) is 0 Å². The van der Waals surface area contributed by atoms with Crippen molar-refractivity contribution in [2.45, 2.75) is 20.5 Å². The maximum Gasteiger partial charge on any atom is 0.310 e. The van der Waals surface area contributed by atoms with Gasteiger partial charge in [0.1, 0.15) is 6.61 Å². The number of hydrogen-bond acceptors (Lipinski definition) is 3. The molecule has 1 aromatic rings. The maximum atomic E-state index is 12.0. The average molecular weight is 255 g/mol. The van der Waals surface area contributed by atoms with E-state index < -0.39 is 0 Å². The van der Waals surface area contributed by atoms with Crippen LogP contribution in [0.25, 0.3) is 0 Å². The van der Waals surface area contributed by atoms with Crippen LogP contribution in [0, 0.1) is 28.6 Å². The molecular formula is C16H17NO2. The van der Waals surface area contributed by atoms with E-state index >= 15 is 0 Å². The fraction of sp³-hybridized carbons (Fsp3) is 0.375. The summed E-state index contributed by atoms with van der Waals surface area (Å²) in [5, 5.41) is 8.54. The molecule has 0 radical (unpaired) electrons. The fourth-order valence-electron chi connectivity index (χ4n) is 2.45. The number of carbonyl (C=O) groups is 1. The van der Waals surface area contributed by atoms with Crippen molar-refractivity contribution in [3.05, 3.63) is 48.0 Å². The Balaban J connectivity index is 1.91. The van der Waals surface area contributed by atoms with Gasteiger partial charge in [0, 0.05) is 6.08 Å². The van der Waals surface area contributed by atoms with E-state index in [2.05, 4.69) is 0 Å². The summed E-state index contributed by atoms with van der Waals surface area (Å²) in [6.45, 7) is 4.35. The second-order valence-electron chi connectivity index (χ2n) is 5.41. The molecule has 0 heterocycles. The van der Waals surface area contributed by atoms with Crippen LogP contribution in [0.4, 0.5) is 0 Å². The highest BCUT2D eigenvalue weighted by atomic mass is 16.5. The Hall–Kier alpha value is -2.08. The SMILES string of the molecule is CC1(C)C(/C=C\C#N)C1C(=O)OCc1ccccc1. The Kier molecular flexibility index (Phi) is 3.71. The molecule has 19 heavy (non-hydrogen) atoms. The maximum absolute atomic E-state index is 12.0. The molecule has 3 heteroatoms. The van der Waals surface area contributed by atoms with Crippen molar-refractivity contribution in [1.29, 1.82) is 5.26 Å². The van der Waals surface area contributed by atoms with Crippen LogP contribution in [-0.2, 0) is 16.1 Å². The number of carbonyl (C=O) groups excluding carboxylic acids is 1. The Labute approximate surface area is 113 Å². The summed E-state index contributed by atoms with van der Waals surface area (Å²) in [6.07, 6.45) is 3.24. The lowest BCUT2D eigenvalue weighted by atomic mass is 10.1. The highest BCUT2D eigenvalue weighted by Crippen LogP contribution is 2.59. The Morgan fingerprint density at radius 2 is 2.11 bits per heavy atom. The van der Waals surface area contributed by atoms with Crippen molar-refractivity contribution in [2.24, 2.45) is 17.3 Å².